The molecule has 0 amide bonds. The van der Waals surface area contributed by atoms with Crippen LogP contribution in [-0.2, 0) is 19.1 Å². The first-order valence-electron chi connectivity index (χ1n) is 34.9. The van der Waals surface area contributed by atoms with Crippen LogP contribution in [0.25, 0.3) is 0 Å². The molecule has 0 aromatic carbocycles. The van der Waals surface area contributed by atoms with Gasteiger partial charge in [0, 0.05) is 19.3 Å². The predicted octanol–water partition coefficient (Wildman–Crippen LogP) is 23.4. The van der Waals surface area contributed by atoms with E-state index in [1.165, 1.54) is 263 Å². The number of esters is 2. The van der Waals surface area contributed by atoms with Crippen LogP contribution in [-0.4, -0.2) is 24.6 Å². The molecule has 0 saturated heterocycles. The lowest BCUT2D eigenvalue weighted by Gasteiger charge is -2.58. The van der Waals surface area contributed by atoms with Gasteiger partial charge < -0.3 is 9.47 Å². The first kappa shape index (κ1) is 67.7. The molecule has 0 radical (unpaired) electrons. The monoisotopic (exact) mass is 1070 g/mol. The van der Waals surface area contributed by atoms with Gasteiger partial charge in [-0.3, -0.25) is 9.59 Å². The van der Waals surface area contributed by atoms with Crippen LogP contribution in [0.1, 0.15) is 356 Å². The van der Waals surface area contributed by atoms with E-state index in [1.807, 2.05) is 0 Å². The van der Waals surface area contributed by atoms with E-state index >= 15 is 0 Å². The molecule has 0 aromatic rings. The van der Waals surface area contributed by atoms with E-state index in [-0.39, 0.29) is 18.0 Å². The Balaban J connectivity index is 0.830. The third kappa shape index (κ3) is 27.7. The maximum atomic E-state index is 13.0. The van der Waals surface area contributed by atoms with Gasteiger partial charge in [-0.1, -0.05) is 257 Å². The second kappa shape index (κ2) is 42.0. The fourth-order valence-electron chi connectivity index (χ4n) is 15.7. The van der Waals surface area contributed by atoms with Crippen molar-refractivity contribution in [3.63, 3.8) is 0 Å². The summed E-state index contributed by atoms with van der Waals surface area (Å²) in [7, 11) is 0. The molecule has 3 saturated carbocycles. The van der Waals surface area contributed by atoms with Crippen molar-refractivity contribution in [2.75, 3.05) is 6.61 Å². The molecule has 0 unspecified atom stereocenters. The standard InChI is InChI=1S/C73H130O4/c1-7-8-9-10-11-12-13-29-32-35-38-41-44-50-70(74)76-60-46-43-40-37-34-31-28-26-24-22-20-18-16-14-15-17-19-21-23-25-27-30-33-36-39-42-45-51-71(75)77-65-56-58-72(5)64(61-65)52-53-66-68-55-54-67(63(4)49-47-48-62(2)3)73(68,6)59-57-69(66)72/h12-13,24,26,52,62-63,65-69H,7-11,14-23,25,27-51,53-61H2,1-6H3/b13-12-,26-24-/t63-,65+,66+,67-,68+,69+,72+,73-/m1/s1. The normalized spacial score (nSPS) is 24.6. The molecule has 0 bridgehead atoms. The number of carbonyl (C=O) groups is 2. The third-order valence-corrected chi connectivity index (χ3v) is 20.6. The van der Waals surface area contributed by atoms with Crippen molar-refractivity contribution in [2.24, 2.45) is 46.3 Å². The number of unbranched alkanes of at least 4 members (excludes halogenated alkanes) is 32. The number of allylic oxidation sites excluding steroid dienone is 5. The SMILES string of the molecule is CCCCCC/C=C\CCCCCCCC(=O)OCCCCCCCC/C=C\CCCCCCCCCCCCCCCCCCCC(=O)O[C@H]1CC[C@@]2(C)C(=CC[C@H]3[C@@H]4CC[C@H]([C@H](C)CCCC(C)C)[C@@]4(C)CC[C@@H]32)C1. The Kier molecular flexibility index (Phi) is 36.9. The maximum Gasteiger partial charge on any atom is 0.306 e. The number of hydrogen-bond acceptors (Lipinski definition) is 4. The van der Waals surface area contributed by atoms with Crippen molar-refractivity contribution in [1.82, 2.24) is 0 Å². The largest absolute Gasteiger partial charge is 0.466 e. The Morgan fingerprint density at radius 1 is 0.519 bits per heavy atom. The summed E-state index contributed by atoms with van der Waals surface area (Å²) >= 11 is 0. The summed E-state index contributed by atoms with van der Waals surface area (Å²) in [5.74, 6) is 5.30. The van der Waals surface area contributed by atoms with Crippen LogP contribution in [0, 0.1) is 46.3 Å². The minimum atomic E-state index is 0.00768. The molecular formula is C73H130O4. The van der Waals surface area contributed by atoms with Crippen molar-refractivity contribution in [3.8, 4) is 0 Å². The van der Waals surface area contributed by atoms with E-state index in [1.54, 1.807) is 5.57 Å². The van der Waals surface area contributed by atoms with Crippen LogP contribution in [0.5, 0.6) is 0 Å². The first-order chi connectivity index (χ1) is 37.6. The molecule has 0 N–H and O–H groups in total. The molecule has 3 fully saturated rings. The number of carbonyl (C=O) groups excluding carboxylic acids is 2. The average Bonchev–Trinajstić information content (AvgIpc) is 3.88. The van der Waals surface area contributed by atoms with Crippen LogP contribution in [0.4, 0.5) is 0 Å². The predicted molar refractivity (Wildman–Crippen MR) is 333 cm³/mol. The van der Waals surface area contributed by atoms with E-state index in [0.29, 0.717) is 30.3 Å². The zero-order chi connectivity index (χ0) is 55.1. The van der Waals surface area contributed by atoms with Crippen molar-refractivity contribution in [2.45, 2.75) is 362 Å². The van der Waals surface area contributed by atoms with Crippen molar-refractivity contribution in [1.29, 1.82) is 0 Å². The van der Waals surface area contributed by atoms with E-state index < -0.39 is 0 Å². The smallest absolute Gasteiger partial charge is 0.306 e. The fraction of sp³-hybridized carbons (Fsp3) is 0.890. The molecule has 77 heavy (non-hydrogen) atoms. The van der Waals surface area contributed by atoms with Crippen molar-refractivity contribution in [3.05, 3.63) is 36.0 Å². The van der Waals surface area contributed by atoms with Gasteiger partial charge >= 0.3 is 11.9 Å². The molecular weight excluding hydrogens is 941 g/mol. The second-order valence-corrected chi connectivity index (χ2v) is 27.4. The van der Waals surface area contributed by atoms with E-state index in [0.717, 1.165) is 74.0 Å². The molecule has 0 heterocycles. The van der Waals surface area contributed by atoms with Crippen LogP contribution in [0.15, 0.2) is 36.0 Å². The lowest BCUT2D eigenvalue weighted by atomic mass is 9.47. The summed E-state index contributed by atoms with van der Waals surface area (Å²) in [5, 5.41) is 0. The number of hydrogen-bond donors (Lipinski definition) is 0. The van der Waals surface area contributed by atoms with Crippen LogP contribution >= 0.6 is 0 Å². The minimum absolute atomic E-state index is 0.00768. The number of fused-ring (bicyclic) bond motifs is 5. The van der Waals surface area contributed by atoms with Gasteiger partial charge in [-0.25, -0.2) is 0 Å². The number of rotatable bonds is 48. The summed E-state index contributed by atoms with van der Waals surface area (Å²) in [6.45, 7) is 15.6. The highest BCUT2D eigenvalue weighted by molar-refractivity contribution is 5.69. The van der Waals surface area contributed by atoms with Gasteiger partial charge in [-0.05, 0) is 162 Å². The lowest BCUT2D eigenvalue weighted by Crippen LogP contribution is -2.51. The van der Waals surface area contributed by atoms with Crippen LogP contribution in [0.2, 0.25) is 0 Å². The van der Waals surface area contributed by atoms with Crippen molar-refractivity contribution >= 4 is 11.9 Å². The Labute approximate surface area is 479 Å². The Hall–Kier alpha value is -1.84. The van der Waals surface area contributed by atoms with Crippen LogP contribution < -0.4 is 0 Å². The molecule has 4 aliphatic carbocycles. The van der Waals surface area contributed by atoms with Gasteiger partial charge in [-0.15, -0.1) is 0 Å². The highest BCUT2D eigenvalue weighted by Crippen LogP contribution is 2.67. The summed E-state index contributed by atoms with van der Waals surface area (Å²) < 4.78 is 11.7. The number of ether oxygens (including phenoxy) is 2. The van der Waals surface area contributed by atoms with E-state index in [2.05, 4.69) is 71.9 Å². The van der Waals surface area contributed by atoms with Gasteiger partial charge in [0.2, 0.25) is 0 Å². The molecule has 0 aromatic heterocycles. The molecule has 4 heteroatoms. The molecule has 446 valence electrons. The van der Waals surface area contributed by atoms with Gasteiger partial charge in [0.25, 0.3) is 0 Å². The Bertz CT molecular complexity index is 1570. The summed E-state index contributed by atoms with van der Waals surface area (Å²) in [5.41, 5.74) is 2.51. The molecule has 0 aliphatic heterocycles. The lowest BCUT2D eigenvalue weighted by molar-refractivity contribution is -0.151. The zero-order valence-corrected chi connectivity index (χ0v) is 52.4. The highest BCUT2D eigenvalue weighted by atomic mass is 16.5. The van der Waals surface area contributed by atoms with Crippen LogP contribution in [0.3, 0.4) is 0 Å². The zero-order valence-electron chi connectivity index (χ0n) is 52.4. The topological polar surface area (TPSA) is 52.6 Å². The van der Waals surface area contributed by atoms with E-state index in [4.69, 9.17) is 9.47 Å². The van der Waals surface area contributed by atoms with Gasteiger partial charge in [-0.2, -0.15) is 0 Å². The van der Waals surface area contributed by atoms with Crippen molar-refractivity contribution < 1.29 is 19.1 Å². The highest BCUT2D eigenvalue weighted by Gasteiger charge is 2.59. The van der Waals surface area contributed by atoms with E-state index in [9.17, 15) is 9.59 Å². The first-order valence-corrected chi connectivity index (χ1v) is 34.9. The molecule has 4 aliphatic rings. The average molecular weight is 1070 g/mol. The second-order valence-electron chi connectivity index (χ2n) is 27.4. The van der Waals surface area contributed by atoms with Gasteiger partial charge in [0.1, 0.15) is 6.10 Å². The summed E-state index contributed by atoms with van der Waals surface area (Å²) in [6.07, 6.45) is 74.8. The third-order valence-electron chi connectivity index (χ3n) is 20.6. The van der Waals surface area contributed by atoms with Gasteiger partial charge in [0.05, 0.1) is 6.61 Å². The fourth-order valence-corrected chi connectivity index (χ4v) is 15.7. The minimum Gasteiger partial charge on any atom is -0.466 e. The Morgan fingerprint density at radius 3 is 1.49 bits per heavy atom. The maximum absolute atomic E-state index is 13.0. The molecule has 0 spiro atoms. The molecule has 4 rings (SSSR count). The Morgan fingerprint density at radius 2 is 0.987 bits per heavy atom. The van der Waals surface area contributed by atoms with Gasteiger partial charge in [0.15, 0.2) is 0 Å². The molecule has 4 nitrogen and oxygen atoms in total. The quantitative estimate of drug-likeness (QED) is 0.0346. The molecule has 8 atom stereocenters. The summed E-state index contributed by atoms with van der Waals surface area (Å²) in [6, 6.07) is 0. The summed E-state index contributed by atoms with van der Waals surface area (Å²) in [4.78, 5) is 25.0.